The van der Waals surface area contributed by atoms with Gasteiger partial charge >= 0.3 is 12.0 Å². The van der Waals surface area contributed by atoms with Crippen LogP contribution in [0.5, 0.6) is 5.75 Å². The molecule has 2 aliphatic rings. The number of nitrogens with zero attached hydrogens (tertiary/aromatic N) is 2. The molecule has 2 aliphatic heterocycles. The normalized spacial score (nSPS) is 17.8. The van der Waals surface area contributed by atoms with Gasteiger partial charge in [0, 0.05) is 36.4 Å². The molecule has 0 radical (unpaired) electrons. The number of methoxy groups -OCH3 is 2. The molecule has 2 heterocycles. The smallest absolute Gasteiger partial charge is 0.341 e. The second-order valence-electron chi connectivity index (χ2n) is 9.46. The molecule has 7 nitrogen and oxygen atoms in total. The van der Waals surface area contributed by atoms with Gasteiger partial charge < -0.3 is 14.8 Å². The maximum Gasteiger partial charge on any atom is 0.341 e. The van der Waals surface area contributed by atoms with Crippen molar-refractivity contribution < 1.29 is 19.1 Å². The van der Waals surface area contributed by atoms with Crippen LogP contribution in [-0.4, -0.2) is 56.3 Å². The number of urea groups is 1. The fourth-order valence-corrected chi connectivity index (χ4v) is 5.19. The van der Waals surface area contributed by atoms with Crippen molar-refractivity contribution >= 4 is 29.3 Å². The highest BCUT2D eigenvalue weighted by molar-refractivity contribution is 6.31. The number of amides is 2. The van der Waals surface area contributed by atoms with Crippen LogP contribution in [0.1, 0.15) is 54.1 Å². The van der Waals surface area contributed by atoms with Crippen LogP contribution in [0.2, 0.25) is 5.02 Å². The molecule has 2 saturated heterocycles. The molecule has 0 atom stereocenters. The number of halogens is 1. The van der Waals surface area contributed by atoms with Gasteiger partial charge in [-0.15, -0.1) is 0 Å². The third kappa shape index (κ3) is 4.86. The van der Waals surface area contributed by atoms with E-state index >= 15 is 0 Å². The lowest BCUT2D eigenvalue weighted by Crippen LogP contribution is -2.52. The van der Waals surface area contributed by atoms with E-state index in [1.165, 1.54) is 25.3 Å². The molecule has 4 rings (SSSR count). The Balaban J connectivity index is 1.42. The zero-order chi connectivity index (χ0) is 24.5. The van der Waals surface area contributed by atoms with Gasteiger partial charge in [-0.2, -0.15) is 0 Å². The first kappa shape index (κ1) is 24.4. The van der Waals surface area contributed by atoms with Gasteiger partial charge in [-0.05, 0) is 48.1 Å². The van der Waals surface area contributed by atoms with Gasteiger partial charge in [-0.1, -0.05) is 37.6 Å². The molecule has 0 bridgehead atoms. The summed E-state index contributed by atoms with van der Waals surface area (Å²) in [5.41, 5.74) is 3.21. The van der Waals surface area contributed by atoms with Gasteiger partial charge in [0.05, 0.1) is 26.3 Å². The summed E-state index contributed by atoms with van der Waals surface area (Å²) in [6.45, 7) is 7.57. The summed E-state index contributed by atoms with van der Waals surface area (Å²) in [7, 11) is 2.83. The first-order chi connectivity index (χ1) is 16.2. The lowest BCUT2D eigenvalue weighted by molar-refractivity contribution is 0.0597. The lowest BCUT2D eigenvalue weighted by Gasteiger charge is -2.38. The summed E-state index contributed by atoms with van der Waals surface area (Å²) in [4.78, 5) is 29.0. The Labute approximate surface area is 206 Å². The molecule has 34 heavy (non-hydrogen) atoms. The van der Waals surface area contributed by atoms with Crippen molar-refractivity contribution in [2.45, 2.75) is 44.7 Å². The molecule has 1 N–H and O–H groups in total. The van der Waals surface area contributed by atoms with E-state index in [0.717, 1.165) is 37.5 Å². The molecule has 0 aromatic heterocycles. The van der Waals surface area contributed by atoms with Crippen LogP contribution in [0.25, 0.3) is 0 Å². The number of piperidine rings is 1. The molecular weight excluding hydrogens is 454 g/mol. The molecule has 8 heteroatoms. The molecule has 0 aliphatic carbocycles. The van der Waals surface area contributed by atoms with Gasteiger partial charge in [0.2, 0.25) is 0 Å². The minimum atomic E-state index is -0.473. The Bertz CT molecular complexity index is 1080. The molecule has 0 saturated carbocycles. The Hall–Kier alpha value is -2.77. The molecule has 2 amide bonds. The largest absolute Gasteiger partial charge is 0.496 e. The van der Waals surface area contributed by atoms with Crippen LogP contribution < -0.4 is 15.0 Å². The number of anilines is 1. The average Bonchev–Trinajstić information content (AvgIpc) is 3.16. The quantitative estimate of drug-likeness (QED) is 0.594. The van der Waals surface area contributed by atoms with Crippen molar-refractivity contribution in [3.63, 3.8) is 0 Å². The second-order valence-corrected chi connectivity index (χ2v) is 9.87. The van der Waals surface area contributed by atoms with Gasteiger partial charge in [0.1, 0.15) is 11.3 Å². The van der Waals surface area contributed by atoms with E-state index in [1.54, 1.807) is 23.1 Å². The van der Waals surface area contributed by atoms with Crippen LogP contribution in [-0.2, 0) is 11.3 Å². The summed E-state index contributed by atoms with van der Waals surface area (Å²) in [6.07, 6.45) is 1.74. The van der Waals surface area contributed by atoms with E-state index < -0.39 is 5.97 Å². The molecule has 2 aromatic carbocycles. The number of ether oxygens (including phenoxy) is 2. The summed E-state index contributed by atoms with van der Waals surface area (Å²) in [6, 6.07) is 11.3. The Morgan fingerprint density at radius 3 is 2.53 bits per heavy atom. The summed E-state index contributed by atoms with van der Waals surface area (Å²) in [5, 5.41) is 4.05. The summed E-state index contributed by atoms with van der Waals surface area (Å²) < 4.78 is 10.2. The molecule has 0 unspecified atom stereocenters. The van der Waals surface area contributed by atoms with Crippen molar-refractivity contribution in [1.82, 2.24) is 10.2 Å². The molecule has 1 spiro atoms. The van der Waals surface area contributed by atoms with Crippen LogP contribution in [0.3, 0.4) is 0 Å². The van der Waals surface area contributed by atoms with Gasteiger partial charge in [0.15, 0.2) is 0 Å². The maximum absolute atomic E-state index is 12.9. The van der Waals surface area contributed by atoms with Crippen molar-refractivity contribution in [2.24, 2.45) is 0 Å². The number of carbonyl (C=O) groups is 2. The summed E-state index contributed by atoms with van der Waals surface area (Å²) >= 11 is 6.36. The lowest BCUT2D eigenvalue weighted by atomic mass is 9.88. The predicted octanol–water partition coefficient (Wildman–Crippen LogP) is 4.82. The second kappa shape index (κ2) is 9.84. The zero-order valence-electron chi connectivity index (χ0n) is 20.2. The van der Waals surface area contributed by atoms with E-state index in [1.807, 2.05) is 6.07 Å². The van der Waals surface area contributed by atoms with Crippen LogP contribution in [0, 0.1) is 0 Å². The Morgan fingerprint density at radius 2 is 1.88 bits per heavy atom. The van der Waals surface area contributed by atoms with Gasteiger partial charge in [0.25, 0.3) is 0 Å². The van der Waals surface area contributed by atoms with Gasteiger partial charge in [-0.25, -0.2) is 9.59 Å². The summed E-state index contributed by atoms with van der Waals surface area (Å²) in [5.74, 6) is 0.299. The number of rotatable bonds is 6. The number of benzene rings is 2. The third-order valence-electron chi connectivity index (χ3n) is 6.88. The molecule has 182 valence electrons. The van der Waals surface area contributed by atoms with Crippen molar-refractivity contribution in [2.75, 3.05) is 38.8 Å². The molecule has 2 aromatic rings. The molecular formula is C26H32ClN3O4. The third-order valence-corrected chi connectivity index (χ3v) is 7.23. The zero-order valence-corrected chi connectivity index (χ0v) is 20.9. The fourth-order valence-electron chi connectivity index (χ4n) is 4.86. The minimum absolute atomic E-state index is 0.124. The van der Waals surface area contributed by atoms with E-state index in [9.17, 15) is 9.59 Å². The monoisotopic (exact) mass is 485 g/mol. The van der Waals surface area contributed by atoms with Crippen molar-refractivity contribution in [3.05, 3.63) is 58.1 Å². The highest BCUT2D eigenvalue weighted by Crippen LogP contribution is 2.34. The average molecular weight is 486 g/mol. The number of nitrogens with one attached hydrogen (secondary N) is 1. The highest BCUT2D eigenvalue weighted by atomic mass is 35.5. The molecule has 2 fully saturated rings. The Morgan fingerprint density at radius 1 is 1.15 bits per heavy atom. The van der Waals surface area contributed by atoms with Crippen molar-refractivity contribution in [1.29, 1.82) is 0 Å². The predicted molar refractivity (Wildman–Crippen MR) is 133 cm³/mol. The van der Waals surface area contributed by atoms with E-state index in [2.05, 4.69) is 36.2 Å². The van der Waals surface area contributed by atoms with E-state index in [0.29, 0.717) is 29.5 Å². The topological polar surface area (TPSA) is 71.1 Å². The number of hydrogen-bond donors (Lipinski definition) is 1. The first-order valence-corrected chi connectivity index (χ1v) is 12.0. The van der Waals surface area contributed by atoms with E-state index in [-0.39, 0.29) is 11.6 Å². The number of carbonyl (C=O) groups excluding carboxylic acids is 2. The number of esters is 1. The van der Waals surface area contributed by atoms with Crippen LogP contribution in [0.15, 0.2) is 36.4 Å². The Kier molecular flexibility index (Phi) is 7.05. The van der Waals surface area contributed by atoms with Crippen LogP contribution in [0.4, 0.5) is 10.5 Å². The highest BCUT2D eigenvalue weighted by Gasteiger charge is 2.45. The maximum atomic E-state index is 12.9. The minimum Gasteiger partial charge on any atom is -0.496 e. The van der Waals surface area contributed by atoms with Crippen molar-refractivity contribution in [3.8, 4) is 5.75 Å². The van der Waals surface area contributed by atoms with E-state index in [4.69, 9.17) is 21.1 Å². The SMILES string of the molecule is COC(=O)c1ccc(N2CC3(CCN(Cc4ccc(Cl)c(C(C)C)c4)CC3)NC2=O)cc1OC. The number of hydrogen-bond acceptors (Lipinski definition) is 5. The first-order valence-electron chi connectivity index (χ1n) is 11.6. The number of likely N-dealkylation sites (tertiary alicyclic amines) is 1. The fraction of sp³-hybridized carbons (Fsp3) is 0.462. The standard InChI is InChI=1S/C26H32ClN3O4/c1-17(2)21-13-18(5-8-22(21)27)15-29-11-9-26(10-12-29)16-30(25(32)28-26)19-6-7-20(24(31)34-4)23(14-19)33-3/h5-8,13-14,17H,9-12,15-16H2,1-4H3,(H,28,32). The van der Waals surface area contributed by atoms with Crippen LogP contribution >= 0.6 is 11.6 Å². The van der Waals surface area contributed by atoms with Gasteiger partial charge in [-0.3, -0.25) is 9.80 Å².